The third kappa shape index (κ3) is 3.48. The predicted octanol–water partition coefficient (Wildman–Crippen LogP) is 1.44. The molecule has 0 aliphatic carbocycles. The van der Waals surface area contributed by atoms with Crippen molar-refractivity contribution < 1.29 is 21.6 Å². The predicted molar refractivity (Wildman–Crippen MR) is 67.3 cm³/mol. The standard InChI is InChI=1S/C11H14F3N3O2S/c1-2-3-17(6-10(15)16)20(18,19)11-8(13)4-7(12)5-9(11)14/h4-5H,2-3,6H2,1H3,(H3,15,16). The van der Waals surface area contributed by atoms with Crippen LogP contribution in [0, 0.1) is 22.9 Å². The van der Waals surface area contributed by atoms with Crippen LogP contribution in [-0.4, -0.2) is 31.6 Å². The molecule has 0 atom stereocenters. The van der Waals surface area contributed by atoms with E-state index in [9.17, 15) is 21.6 Å². The van der Waals surface area contributed by atoms with Crippen LogP contribution >= 0.6 is 0 Å². The summed E-state index contributed by atoms with van der Waals surface area (Å²) in [5.74, 6) is -4.73. The second-order valence-electron chi connectivity index (χ2n) is 4.06. The Morgan fingerprint density at radius 1 is 1.30 bits per heavy atom. The highest BCUT2D eigenvalue weighted by Crippen LogP contribution is 2.23. The molecule has 1 aromatic carbocycles. The molecule has 112 valence electrons. The van der Waals surface area contributed by atoms with E-state index in [4.69, 9.17) is 11.1 Å². The highest BCUT2D eigenvalue weighted by atomic mass is 32.2. The molecule has 9 heteroatoms. The molecule has 0 saturated carbocycles. The fourth-order valence-corrected chi connectivity index (χ4v) is 3.23. The quantitative estimate of drug-likeness (QED) is 0.616. The molecule has 1 aromatic rings. The molecular formula is C11H14F3N3O2S. The van der Waals surface area contributed by atoms with Crippen LogP contribution in [-0.2, 0) is 10.0 Å². The van der Waals surface area contributed by atoms with Crippen molar-refractivity contribution in [2.45, 2.75) is 18.2 Å². The molecule has 0 bridgehead atoms. The minimum atomic E-state index is -4.54. The largest absolute Gasteiger partial charge is 0.387 e. The summed E-state index contributed by atoms with van der Waals surface area (Å²) in [4.78, 5) is -1.24. The maximum atomic E-state index is 13.6. The number of nitrogens with one attached hydrogen (secondary N) is 1. The van der Waals surface area contributed by atoms with E-state index in [1.54, 1.807) is 6.92 Å². The van der Waals surface area contributed by atoms with Gasteiger partial charge in [0.15, 0.2) is 4.90 Å². The average Bonchev–Trinajstić information content (AvgIpc) is 2.25. The summed E-state index contributed by atoms with van der Waals surface area (Å²) in [5.41, 5.74) is 5.13. The van der Waals surface area contributed by atoms with Crippen molar-refractivity contribution in [2.75, 3.05) is 13.1 Å². The van der Waals surface area contributed by atoms with E-state index in [1.807, 2.05) is 0 Å². The number of hydrogen-bond acceptors (Lipinski definition) is 3. The molecule has 0 saturated heterocycles. The number of benzene rings is 1. The van der Waals surface area contributed by atoms with E-state index in [1.165, 1.54) is 0 Å². The first-order chi connectivity index (χ1) is 9.20. The van der Waals surface area contributed by atoms with Crippen molar-refractivity contribution in [3.8, 4) is 0 Å². The fourth-order valence-electron chi connectivity index (χ4n) is 1.63. The third-order valence-corrected chi connectivity index (χ3v) is 4.28. The molecule has 0 spiro atoms. The van der Waals surface area contributed by atoms with Crippen LogP contribution in [0.25, 0.3) is 0 Å². The Bertz CT molecular complexity index is 596. The number of nitrogens with two attached hydrogens (primary N) is 1. The van der Waals surface area contributed by atoms with E-state index in [-0.39, 0.29) is 18.7 Å². The van der Waals surface area contributed by atoms with Gasteiger partial charge in [-0.25, -0.2) is 21.6 Å². The van der Waals surface area contributed by atoms with Crippen molar-refractivity contribution in [1.29, 1.82) is 5.41 Å². The molecule has 0 radical (unpaired) electrons. The molecule has 0 unspecified atom stereocenters. The van der Waals surface area contributed by atoms with E-state index >= 15 is 0 Å². The Hall–Kier alpha value is -1.61. The SMILES string of the molecule is CCCN(CC(=N)N)S(=O)(=O)c1c(F)cc(F)cc1F. The number of sulfonamides is 1. The number of nitrogens with zero attached hydrogens (tertiary/aromatic N) is 1. The molecule has 0 aliphatic rings. The molecule has 1 rings (SSSR count). The van der Waals surface area contributed by atoms with Crippen LogP contribution in [0.3, 0.4) is 0 Å². The van der Waals surface area contributed by atoms with Crippen molar-refractivity contribution in [3.05, 3.63) is 29.6 Å². The van der Waals surface area contributed by atoms with Crippen LogP contribution in [0.4, 0.5) is 13.2 Å². The molecule has 5 nitrogen and oxygen atoms in total. The smallest absolute Gasteiger partial charge is 0.249 e. The van der Waals surface area contributed by atoms with Gasteiger partial charge in [0.25, 0.3) is 0 Å². The Balaban J connectivity index is 3.37. The first kappa shape index (κ1) is 16.4. The van der Waals surface area contributed by atoms with Crippen LogP contribution in [0.5, 0.6) is 0 Å². The van der Waals surface area contributed by atoms with Gasteiger partial charge in [-0.05, 0) is 6.42 Å². The van der Waals surface area contributed by atoms with Gasteiger partial charge in [-0.15, -0.1) is 0 Å². The molecule has 0 amide bonds. The zero-order valence-electron chi connectivity index (χ0n) is 10.7. The Morgan fingerprint density at radius 3 is 2.20 bits per heavy atom. The minimum Gasteiger partial charge on any atom is -0.387 e. The van der Waals surface area contributed by atoms with E-state index in [2.05, 4.69) is 0 Å². The van der Waals surface area contributed by atoms with Gasteiger partial charge >= 0.3 is 0 Å². The lowest BCUT2D eigenvalue weighted by molar-refractivity contribution is 0.430. The summed E-state index contributed by atoms with van der Waals surface area (Å²) in [5, 5.41) is 7.11. The van der Waals surface area contributed by atoms with Gasteiger partial charge in [-0.1, -0.05) is 6.92 Å². The Kier molecular flexibility index (Phi) is 5.12. The highest BCUT2D eigenvalue weighted by Gasteiger charge is 2.31. The highest BCUT2D eigenvalue weighted by molar-refractivity contribution is 7.89. The molecule has 0 heterocycles. The Morgan fingerprint density at radius 2 is 1.80 bits per heavy atom. The third-order valence-electron chi connectivity index (χ3n) is 2.38. The fraction of sp³-hybridized carbons (Fsp3) is 0.364. The van der Waals surface area contributed by atoms with Gasteiger partial charge in [0.1, 0.15) is 23.3 Å². The summed E-state index contributed by atoms with van der Waals surface area (Å²) in [6.45, 7) is 1.09. The van der Waals surface area contributed by atoms with E-state index in [0.717, 1.165) is 0 Å². The van der Waals surface area contributed by atoms with Gasteiger partial charge in [0, 0.05) is 18.7 Å². The lowest BCUT2D eigenvalue weighted by Gasteiger charge is -2.21. The van der Waals surface area contributed by atoms with Gasteiger partial charge in [-0.2, -0.15) is 4.31 Å². The van der Waals surface area contributed by atoms with Gasteiger partial charge in [0.2, 0.25) is 10.0 Å². The summed E-state index contributed by atoms with van der Waals surface area (Å²) < 4.78 is 65.0. The maximum absolute atomic E-state index is 13.6. The zero-order chi connectivity index (χ0) is 15.5. The number of rotatable bonds is 6. The van der Waals surface area contributed by atoms with Crippen LogP contribution in [0.2, 0.25) is 0 Å². The van der Waals surface area contributed by atoms with Crippen molar-refractivity contribution in [3.63, 3.8) is 0 Å². The van der Waals surface area contributed by atoms with E-state index in [0.29, 0.717) is 10.7 Å². The van der Waals surface area contributed by atoms with Gasteiger partial charge in [0.05, 0.1) is 6.54 Å². The summed E-state index contributed by atoms with van der Waals surface area (Å²) >= 11 is 0. The van der Waals surface area contributed by atoms with Gasteiger partial charge < -0.3 is 5.73 Å². The van der Waals surface area contributed by atoms with Crippen molar-refractivity contribution in [2.24, 2.45) is 5.73 Å². The first-order valence-electron chi connectivity index (χ1n) is 5.67. The molecule has 0 aromatic heterocycles. The summed E-state index contributed by atoms with van der Waals surface area (Å²) in [6.07, 6.45) is 0.358. The minimum absolute atomic E-state index is 0.0713. The molecule has 3 N–H and O–H groups in total. The first-order valence-corrected chi connectivity index (χ1v) is 7.11. The van der Waals surface area contributed by atoms with Crippen LogP contribution in [0.1, 0.15) is 13.3 Å². The summed E-state index contributed by atoms with van der Waals surface area (Å²) in [7, 11) is -4.54. The zero-order valence-corrected chi connectivity index (χ0v) is 11.5. The number of hydrogen-bond donors (Lipinski definition) is 2. The molecule has 0 aliphatic heterocycles. The average molecular weight is 309 g/mol. The molecule has 0 fully saturated rings. The normalized spacial score (nSPS) is 11.8. The lowest BCUT2D eigenvalue weighted by Crippen LogP contribution is -2.39. The number of amidine groups is 1. The Labute approximate surface area is 114 Å². The molecule has 20 heavy (non-hydrogen) atoms. The number of halogens is 3. The van der Waals surface area contributed by atoms with Gasteiger partial charge in [-0.3, -0.25) is 5.41 Å². The van der Waals surface area contributed by atoms with Crippen molar-refractivity contribution >= 4 is 15.9 Å². The second kappa shape index (κ2) is 6.23. The maximum Gasteiger partial charge on any atom is 0.249 e. The monoisotopic (exact) mass is 309 g/mol. The molecular weight excluding hydrogens is 295 g/mol. The van der Waals surface area contributed by atoms with Crippen molar-refractivity contribution in [1.82, 2.24) is 4.31 Å². The van der Waals surface area contributed by atoms with Crippen LogP contribution < -0.4 is 5.73 Å². The van der Waals surface area contributed by atoms with E-state index < -0.39 is 44.8 Å². The second-order valence-corrected chi connectivity index (χ2v) is 5.94. The summed E-state index contributed by atoms with van der Waals surface area (Å²) in [6, 6.07) is 0.571. The lowest BCUT2D eigenvalue weighted by atomic mass is 10.3. The van der Waals surface area contributed by atoms with Crippen LogP contribution in [0.15, 0.2) is 17.0 Å². The topological polar surface area (TPSA) is 87.2 Å².